The standard InChI is InChI=1S/C15H20F2N4O3/c1-23-11-7-12(24-2)19-14(18-11)21-8-10(9-21)13(22)20-5-3-15(16,17)4-6-20/h7,10H,3-6,8-9H2,1-2H3. The number of hydrogen-bond donors (Lipinski definition) is 0. The van der Waals surface area contributed by atoms with Gasteiger partial charge in [0.15, 0.2) is 0 Å². The van der Waals surface area contributed by atoms with Crippen LogP contribution in [0.3, 0.4) is 0 Å². The summed E-state index contributed by atoms with van der Waals surface area (Å²) in [5.41, 5.74) is 0. The van der Waals surface area contributed by atoms with Gasteiger partial charge in [-0.3, -0.25) is 4.79 Å². The van der Waals surface area contributed by atoms with Crippen LogP contribution in [0.25, 0.3) is 0 Å². The van der Waals surface area contributed by atoms with E-state index in [2.05, 4.69) is 9.97 Å². The van der Waals surface area contributed by atoms with Crippen LogP contribution in [0.1, 0.15) is 12.8 Å². The van der Waals surface area contributed by atoms with E-state index >= 15 is 0 Å². The van der Waals surface area contributed by atoms with Gasteiger partial charge in [-0.1, -0.05) is 0 Å². The summed E-state index contributed by atoms with van der Waals surface area (Å²) in [6.07, 6.45) is -0.517. The van der Waals surface area contributed by atoms with Gasteiger partial charge in [0.1, 0.15) is 0 Å². The minimum atomic E-state index is -2.65. The number of rotatable bonds is 4. The molecule has 3 rings (SSSR count). The summed E-state index contributed by atoms with van der Waals surface area (Å²) < 4.78 is 36.6. The molecular formula is C15H20F2N4O3. The van der Waals surface area contributed by atoms with Crippen LogP contribution in [0.5, 0.6) is 11.8 Å². The highest BCUT2D eigenvalue weighted by Gasteiger charge is 2.41. The molecule has 0 unspecified atom stereocenters. The maximum atomic E-state index is 13.2. The lowest BCUT2D eigenvalue weighted by Gasteiger charge is -2.42. The molecule has 3 heterocycles. The Morgan fingerprint density at radius 3 is 2.21 bits per heavy atom. The van der Waals surface area contributed by atoms with Crippen molar-refractivity contribution in [1.29, 1.82) is 0 Å². The molecule has 0 saturated carbocycles. The SMILES string of the molecule is COc1cc(OC)nc(N2CC(C(=O)N3CCC(F)(F)CC3)C2)n1. The van der Waals surface area contributed by atoms with Crippen LogP contribution in [0, 0.1) is 5.92 Å². The smallest absolute Gasteiger partial charge is 0.251 e. The van der Waals surface area contributed by atoms with Gasteiger partial charge in [-0.05, 0) is 0 Å². The minimum Gasteiger partial charge on any atom is -0.481 e. The molecular weight excluding hydrogens is 322 g/mol. The van der Waals surface area contributed by atoms with Crippen LogP contribution in [-0.2, 0) is 4.79 Å². The lowest BCUT2D eigenvalue weighted by atomic mass is 9.97. The quantitative estimate of drug-likeness (QED) is 0.819. The number of likely N-dealkylation sites (tertiary alicyclic amines) is 1. The van der Waals surface area contributed by atoms with Crippen LogP contribution >= 0.6 is 0 Å². The second kappa shape index (κ2) is 6.37. The number of nitrogens with zero attached hydrogens (tertiary/aromatic N) is 4. The maximum Gasteiger partial charge on any atom is 0.251 e. The molecule has 132 valence electrons. The second-order valence-corrected chi connectivity index (χ2v) is 6.04. The molecule has 24 heavy (non-hydrogen) atoms. The van der Waals surface area contributed by atoms with Crippen molar-refractivity contribution < 1.29 is 23.0 Å². The van der Waals surface area contributed by atoms with Crippen LogP contribution in [0.4, 0.5) is 14.7 Å². The Balaban J connectivity index is 1.58. The summed E-state index contributed by atoms with van der Waals surface area (Å²) in [4.78, 5) is 24.2. The van der Waals surface area contributed by atoms with Crippen molar-refractivity contribution in [2.24, 2.45) is 5.92 Å². The van der Waals surface area contributed by atoms with Crippen molar-refractivity contribution in [3.63, 3.8) is 0 Å². The lowest BCUT2D eigenvalue weighted by Crippen LogP contribution is -2.56. The van der Waals surface area contributed by atoms with E-state index < -0.39 is 5.92 Å². The number of hydrogen-bond acceptors (Lipinski definition) is 6. The Morgan fingerprint density at radius 1 is 1.17 bits per heavy atom. The fourth-order valence-electron chi connectivity index (χ4n) is 2.85. The van der Waals surface area contributed by atoms with Gasteiger partial charge in [-0.25, -0.2) is 8.78 Å². The maximum absolute atomic E-state index is 13.2. The first-order chi connectivity index (χ1) is 11.4. The molecule has 1 aromatic rings. The number of carbonyl (C=O) groups is 1. The van der Waals surface area contributed by atoms with Crippen molar-refractivity contribution in [3.8, 4) is 11.8 Å². The first kappa shape index (κ1) is 16.7. The summed E-state index contributed by atoms with van der Waals surface area (Å²) >= 11 is 0. The monoisotopic (exact) mass is 342 g/mol. The van der Waals surface area contributed by atoms with Crippen LogP contribution in [0.15, 0.2) is 6.07 Å². The third kappa shape index (κ3) is 3.34. The Hall–Kier alpha value is -2.19. The van der Waals surface area contributed by atoms with Gasteiger partial charge in [0.05, 0.1) is 26.2 Å². The van der Waals surface area contributed by atoms with Crippen molar-refractivity contribution in [1.82, 2.24) is 14.9 Å². The molecule has 0 aliphatic carbocycles. The number of aromatic nitrogens is 2. The van der Waals surface area contributed by atoms with Crippen LogP contribution < -0.4 is 14.4 Å². The Morgan fingerprint density at radius 2 is 1.71 bits per heavy atom. The van der Waals surface area contributed by atoms with E-state index in [1.165, 1.54) is 19.1 Å². The molecule has 7 nitrogen and oxygen atoms in total. The molecule has 9 heteroatoms. The van der Waals surface area contributed by atoms with Crippen LogP contribution in [-0.4, -0.2) is 67.1 Å². The van der Waals surface area contributed by atoms with Gasteiger partial charge >= 0.3 is 0 Å². The van der Waals surface area contributed by atoms with Gasteiger partial charge in [0.2, 0.25) is 23.6 Å². The fraction of sp³-hybridized carbons (Fsp3) is 0.667. The second-order valence-electron chi connectivity index (χ2n) is 6.04. The first-order valence-electron chi connectivity index (χ1n) is 7.80. The summed E-state index contributed by atoms with van der Waals surface area (Å²) in [6, 6.07) is 1.57. The van der Waals surface area contributed by atoms with Gasteiger partial charge in [0.25, 0.3) is 5.92 Å². The number of ether oxygens (including phenoxy) is 2. The number of carbonyl (C=O) groups excluding carboxylic acids is 1. The predicted octanol–water partition coefficient (Wildman–Crippen LogP) is 1.19. The van der Waals surface area contributed by atoms with Gasteiger partial charge in [-0.15, -0.1) is 0 Å². The molecule has 0 bridgehead atoms. The van der Waals surface area contributed by atoms with E-state index in [1.807, 2.05) is 4.90 Å². The lowest BCUT2D eigenvalue weighted by molar-refractivity contribution is -0.142. The highest BCUT2D eigenvalue weighted by atomic mass is 19.3. The number of amides is 1. The van der Waals surface area contributed by atoms with Crippen molar-refractivity contribution >= 4 is 11.9 Å². The summed E-state index contributed by atoms with van der Waals surface area (Å²) in [7, 11) is 3.00. The minimum absolute atomic E-state index is 0.0726. The number of halogens is 2. The van der Waals surface area contributed by atoms with Crippen molar-refractivity contribution in [3.05, 3.63) is 6.07 Å². The van der Waals surface area contributed by atoms with E-state index in [9.17, 15) is 13.6 Å². The molecule has 2 saturated heterocycles. The topological polar surface area (TPSA) is 67.8 Å². The Bertz CT molecular complexity index is 590. The summed E-state index contributed by atoms with van der Waals surface area (Å²) in [5, 5.41) is 0. The average molecular weight is 342 g/mol. The zero-order valence-corrected chi connectivity index (χ0v) is 13.7. The van der Waals surface area contributed by atoms with Crippen molar-refractivity contribution in [2.45, 2.75) is 18.8 Å². The molecule has 2 aliphatic heterocycles. The highest BCUT2D eigenvalue weighted by Crippen LogP contribution is 2.31. The van der Waals surface area contributed by atoms with Gasteiger partial charge in [0, 0.05) is 39.0 Å². The highest BCUT2D eigenvalue weighted by molar-refractivity contribution is 5.82. The fourth-order valence-corrected chi connectivity index (χ4v) is 2.85. The van der Waals surface area contributed by atoms with E-state index in [0.29, 0.717) is 30.8 Å². The van der Waals surface area contributed by atoms with E-state index in [4.69, 9.17) is 9.47 Å². The molecule has 0 spiro atoms. The summed E-state index contributed by atoms with van der Waals surface area (Å²) in [5.74, 6) is -1.74. The molecule has 0 radical (unpaired) electrons. The van der Waals surface area contributed by atoms with Crippen LogP contribution in [0.2, 0.25) is 0 Å². The van der Waals surface area contributed by atoms with Crippen molar-refractivity contribution in [2.75, 3.05) is 45.3 Å². The number of alkyl halides is 2. The molecule has 2 fully saturated rings. The molecule has 2 aliphatic rings. The Kier molecular flexibility index (Phi) is 4.42. The zero-order valence-electron chi connectivity index (χ0n) is 13.7. The third-order valence-corrected chi connectivity index (χ3v) is 4.41. The molecule has 1 amide bonds. The summed E-state index contributed by atoms with van der Waals surface area (Å²) in [6.45, 7) is 1.15. The largest absolute Gasteiger partial charge is 0.481 e. The predicted molar refractivity (Wildman–Crippen MR) is 81.6 cm³/mol. The first-order valence-corrected chi connectivity index (χ1v) is 7.80. The van der Waals surface area contributed by atoms with Gasteiger partial charge in [-0.2, -0.15) is 9.97 Å². The molecule has 0 N–H and O–H groups in total. The number of methoxy groups -OCH3 is 2. The van der Waals surface area contributed by atoms with E-state index in [-0.39, 0.29) is 37.8 Å². The third-order valence-electron chi connectivity index (χ3n) is 4.41. The number of anilines is 1. The molecule has 1 aromatic heterocycles. The normalized spacial score (nSPS) is 20.5. The Labute approximate surface area is 138 Å². The zero-order chi connectivity index (χ0) is 17.3. The van der Waals surface area contributed by atoms with E-state index in [1.54, 1.807) is 6.07 Å². The number of piperidine rings is 1. The van der Waals surface area contributed by atoms with Gasteiger partial charge < -0.3 is 19.3 Å². The molecule has 0 aromatic carbocycles. The average Bonchev–Trinajstić information content (AvgIpc) is 2.52. The molecule has 0 atom stereocenters. The van der Waals surface area contributed by atoms with E-state index in [0.717, 1.165) is 0 Å².